The van der Waals surface area contributed by atoms with E-state index in [1.807, 2.05) is 0 Å². The molecule has 0 N–H and O–H groups in total. The largest absolute Gasteiger partial charge is 0.462 e. The maximum Gasteiger partial charge on any atom is 0.306 e. The van der Waals surface area contributed by atoms with Crippen LogP contribution in [0, 0.1) is 17.8 Å². The summed E-state index contributed by atoms with van der Waals surface area (Å²) in [7, 11) is 0. The van der Waals surface area contributed by atoms with Crippen molar-refractivity contribution in [2.24, 2.45) is 17.8 Å². The van der Waals surface area contributed by atoms with Gasteiger partial charge < -0.3 is 14.2 Å². The molecule has 0 heterocycles. The van der Waals surface area contributed by atoms with Crippen LogP contribution < -0.4 is 0 Å². The molecule has 6 heteroatoms. The van der Waals surface area contributed by atoms with Crippen LogP contribution in [-0.4, -0.2) is 37.2 Å². The zero-order valence-corrected chi connectivity index (χ0v) is 37.7. The Hall–Kier alpha value is -1.59. The molecule has 1 unspecified atom stereocenters. The quantitative estimate of drug-likeness (QED) is 0.0349. The Morgan fingerprint density at radius 1 is 0.364 bits per heavy atom. The smallest absolute Gasteiger partial charge is 0.306 e. The van der Waals surface area contributed by atoms with Crippen molar-refractivity contribution < 1.29 is 28.6 Å². The number of ether oxygens (including phenoxy) is 3. The van der Waals surface area contributed by atoms with Crippen LogP contribution in [0.25, 0.3) is 0 Å². The Labute approximate surface area is 342 Å². The molecule has 0 aliphatic rings. The van der Waals surface area contributed by atoms with E-state index in [2.05, 4.69) is 41.5 Å². The fourth-order valence-electron chi connectivity index (χ4n) is 7.20. The molecule has 0 saturated heterocycles. The van der Waals surface area contributed by atoms with Crippen molar-refractivity contribution in [3.63, 3.8) is 0 Å². The highest BCUT2D eigenvalue weighted by atomic mass is 16.6. The summed E-state index contributed by atoms with van der Waals surface area (Å²) in [6.45, 7) is 13.7. The first-order valence-electron chi connectivity index (χ1n) is 24.1. The van der Waals surface area contributed by atoms with E-state index < -0.39 is 6.10 Å². The predicted molar refractivity (Wildman–Crippen MR) is 233 cm³/mol. The highest BCUT2D eigenvalue weighted by molar-refractivity contribution is 5.71. The normalized spacial score (nSPS) is 12.7. The minimum Gasteiger partial charge on any atom is -0.462 e. The molecule has 0 rings (SSSR count). The minimum absolute atomic E-state index is 0.0660. The summed E-state index contributed by atoms with van der Waals surface area (Å²) < 4.78 is 16.7. The van der Waals surface area contributed by atoms with Gasteiger partial charge in [-0.2, -0.15) is 0 Å². The molecule has 0 aliphatic carbocycles. The van der Waals surface area contributed by atoms with Gasteiger partial charge in [0.25, 0.3) is 0 Å². The van der Waals surface area contributed by atoms with Crippen LogP contribution in [0.4, 0.5) is 0 Å². The Morgan fingerprint density at radius 3 is 0.945 bits per heavy atom. The maximum absolute atomic E-state index is 12.7. The van der Waals surface area contributed by atoms with Crippen molar-refractivity contribution in [3.05, 3.63) is 0 Å². The third-order valence-electron chi connectivity index (χ3n) is 11.3. The molecule has 0 aliphatic heterocycles. The summed E-state index contributed by atoms with van der Waals surface area (Å²) >= 11 is 0. The van der Waals surface area contributed by atoms with Gasteiger partial charge in [0.2, 0.25) is 0 Å². The average Bonchev–Trinajstić information content (AvgIpc) is 3.15. The third kappa shape index (κ3) is 41.9. The second kappa shape index (κ2) is 40.6. The summed E-state index contributed by atoms with van der Waals surface area (Å²) in [6, 6.07) is 0. The molecule has 0 saturated carbocycles. The second-order valence-electron chi connectivity index (χ2n) is 17.9. The molecule has 6 nitrogen and oxygen atoms in total. The number of rotatable bonds is 42. The SMILES string of the molecule is CCC(C)CCCCCCCCC(=O)OC[C@H](COC(=O)CCCCCCCCCCCCCC(C)C)OC(=O)CCCCCCCCCCCCC(C)C. The number of carbonyl (C=O) groups excluding carboxylic acids is 3. The van der Waals surface area contributed by atoms with E-state index in [4.69, 9.17) is 14.2 Å². The highest BCUT2D eigenvalue weighted by Crippen LogP contribution is 2.17. The molecule has 0 radical (unpaired) electrons. The van der Waals surface area contributed by atoms with Gasteiger partial charge in [0.15, 0.2) is 6.10 Å². The molecule has 0 aromatic heterocycles. The van der Waals surface area contributed by atoms with Gasteiger partial charge in [-0.15, -0.1) is 0 Å². The number of carbonyl (C=O) groups is 3. The molecular weight excluding hydrogens is 685 g/mol. The van der Waals surface area contributed by atoms with E-state index in [9.17, 15) is 14.4 Å². The number of hydrogen-bond acceptors (Lipinski definition) is 6. The minimum atomic E-state index is -0.762. The van der Waals surface area contributed by atoms with Crippen molar-refractivity contribution in [1.82, 2.24) is 0 Å². The molecule has 0 fully saturated rings. The zero-order chi connectivity index (χ0) is 40.6. The molecule has 0 aromatic rings. The molecule has 326 valence electrons. The van der Waals surface area contributed by atoms with Crippen molar-refractivity contribution in [3.8, 4) is 0 Å². The van der Waals surface area contributed by atoms with Crippen LogP contribution in [0.2, 0.25) is 0 Å². The molecular formula is C49H94O6. The summed E-state index contributed by atoms with van der Waals surface area (Å²) in [6.07, 6.45) is 38.0. The summed E-state index contributed by atoms with van der Waals surface area (Å²) in [5, 5.41) is 0. The average molecular weight is 779 g/mol. The first kappa shape index (κ1) is 53.4. The number of unbranched alkanes of at least 4 members (excludes halogenated alkanes) is 24. The van der Waals surface area contributed by atoms with Crippen molar-refractivity contribution >= 4 is 17.9 Å². The standard InChI is InChI=1S/C49H94O6/c1-7-45(6)37-31-25-21-22-27-33-39-48(51)54-42-46(55-49(52)40-34-28-20-16-12-11-14-18-24-30-36-44(4)5)41-53-47(50)38-32-26-19-15-10-8-9-13-17-23-29-35-43(2)3/h43-46H,7-42H2,1-6H3/t45?,46-/m0/s1. The monoisotopic (exact) mass is 779 g/mol. The number of hydrogen-bond donors (Lipinski definition) is 0. The van der Waals surface area contributed by atoms with Gasteiger partial charge >= 0.3 is 17.9 Å². The Balaban J connectivity index is 4.33. The second-order valence-corrected chi connectivity index (χ2v) is 17.9. The van der Waals surface area contributed by atoms with E-state index in [-0.39, 0.29) is 31.1 Å². The molecule has 0 spiro atoms. The third-order valence-corrected chi connectivity index (χ3v) is 11.3. The fourth-order valence-corrected chi connectivity index (χ4v) is 7.20. The fraction of sp³-hybridized carbons (Fsp3) is 0.939. The first-order valence-corrected chi connectivity index (χ1v) is 24.1. The van der Waals surface area contributed by atoms with Crippen molar-refractivity contribution in [2.45, 2.75) is 266 Å². The Bertz CT molecular complexity index is 854. The van der Waals surface area contributed by atoms with Crippen LogP contribution in [0.3, 0.4) is 0 Å². The summed E-state index contributed by atoms with van der Waals surface area (Å²) in [5.74, 6) is 1.60. The van der Waals surface area contributed by atoms with Crippen molar-refractivity contribution in [2.75, 3.05) is 13.2 Å². The lowest BCUT2D eigenvalue weighted by Crippen LogP contribution is -2.30. The lowest BCUT2D eigenvalue weighted by molar-refractivity contribution is -0.167. The van der Waals surface area contributed by atoms with E-state index >= 15 is 0 Å². The topological polar surface area (TPSA) is 78.9 Å². The number of esters is 3. The lowest BCUT2D eigenvalue weighted by Gasteiger charge is -2.18. The molecule has 0 bridgehead atoms. The van der Waals surface area contributed by atoms with E-state index in [1.54, 1.807) is 0 Å². The Kier molecular flexibility index (Phi) is 39.4. The van der Waals surface area contributed by atoms with Gasteiger partial charge in [-0.05, 0) is 37.0 Å². The van der Waals surface area contributed by atoms with Crippen molar-refractivity contribution in [1.29, 1.82) is 0 Å². The summed E-state index contributed by atoms with van der Waals surface area (Å²) in [5.41, 5.74) is 0. The molecule has 55 heavy (non-hydrogen) atoms. The van der Waals surface area contributed by atoms with Gasteiger partial charge in [-0.3, -0.25) is 14.4 Å². The van der Waals surface area contributed by atoms with Crippen LogP contribution >= 0.6 is 0 Å². The highest BCUT2D eigenvalue weighted by Gasteiger charge is 2.19. The molecule has 0 amide bonds. The zero-order valence-electron chi connectivity index (χ0n) is 37.7. The van der Waals surface area contributed by atoms with Gasteiger partial charge in [0.05, 0.1) is 0 Å². The van der Waals surface area contributed by atoms with E-state index in [1.165, 1.54) is 141 Å². The van der Waals surface area contributed by atoms with E-state index in [0.717, 1.165) is 75.5 Å². The van der Waals surface area contributed by atoms with Crippen LogP contribution in [0.1, 0.15) is 260 Å². The van der Waals surface area contributed by atoms with Crippen LogP contribution in [0.15, 0.2) is 0 Å². The van der Waals surface area contributed by atoms with Crippen LogP contribution in [0.5, 0.6) is 0 Å². The first-order chi connectivity index (χ1) is 26.6. The summed E-state index contributed by atoms with van der Waals surface area (Å²) in [4.78, 5) is 37.8. The van der Waals surface area contributed by atoms with Gasteiger partial charge in [0, 0.05) is 19.3 Å². The molecule has 0 aromatic carbocycles. The van der Waals surface area contributed by atoms with E-state index in [0.29, 0.717) is 19.3 Å². The van der Waals surface area contributed by atoms with Crippen LogP contribution in [-0.2, 0) is 28.6 Å². The molecule has 2 atom stereocenters. The van der Waals surface area contributed by atoms with Gasteiger partial charge in [0.1, 0.15) is 13.2 Å². The lowest BCUT2D eigenvalue weighted by atomic mass is 10.00. The maximum atomic E-state index is 12.7. The van der Waals surface area contributed by atoms with Gasteiger partial charge in [-0.25, -0.2) is 0 Å². The Morgan fingerprint density at radius 2 is 0.636 bits per heavy atom. The van der Waals surface area contributed by atoms with Gasteiger partial charge in [-0.1, -0.05) is 221 Å². The predicted octanol–water partition coefficient (Wildman–Crippen LogP) is 15.2.